The van der Waals surface area contributed by atoms with Crippen LogP contribution in [0.2, 0.25) is 0 Å². The maximum Gasteiger partial charge on any atom is 0.187 e. The average molecular weight is 665 g/mol. The van der Waals surface area contributed by atoms with Gasteiger partial charge in [0.25, 0.3) is 0 Å². The van der Waals surface area contributed by atoms with Gasteiger partial charge >= 0.3 is 0 Å². The quantitative estimate of drug-likeness (QED) is 0.117. The zero-order valence-corrected chi connectivity index (χ0v) is 26.3. The monoisotopic (exact) mass is 664 g/mol. The minimum absolute atomic E-state index is 0.0977. The van der Waals surface area contributed by atoms with E-state index in [9.17, 15) is 46.0 Å². The third-order valence-electron chi connectivity index (χ3n) is 10.5. The number of hydrogen-bond donors (Lipinski definition) is 9. The van der Waals surface area contributed by atoms with E-state index in [1.165, 1.54) is 0 Å². The van der Waals surface area contributed by atoms with Crippen LogP contribution >= 0.6 is 0 Å². The number of allylic oxidation sites excluding steroid dienone is 1. The van der Waals surface area contributed by atoms with Gasteiger partial charge in [0, 0.05) is 18.8 Å². The van der Waals surface area contributed by atoms with Gasteiger partial charge in [0.1, 0.15) is 54.9 Å². The highest BCUT2D eigenvalue weighted by Crippen LogP contribution is 2.44. The Bertz CT molecular complexity index is 986. The SMILES string of the molecule is CC=COC1CCC(C2OC3CC(OC4OC(CO)C(O)C(O)C4OC4OC(CO)C(O)C(O)C4O)CC(O)C3CC2O)CC1C. The van der Waals surface area contributed by atoms with Crippen LogP contribution in [0, 0.1) is 17.8 Å². The first-order valence-electron chi connectivity index (χ1n) is 16.5. The Morgan fingerprint density at radius 3 is 2.02 bits per heavy atom. The van der Waals surface area contributed by atoms with Gasteiger partial charge in [-0.25, -0.2) is 0 Å². The van der Waals surface area contributed by atoms with Crippen LogP contribution in [0.25, 0.3) is 0 Å². The van der Waals surface area contributed by atoms with Crippen molar-refractivity contribution in [1.82, 2.24) is 0 Å². The lowest BCUT2D eigenvalue weighted by atomic mass is 9.71. The summed E-state index contributed by atoms with van der Waals surface area (Å²) in [5.74, 6) is 0.0422. The molecule has 0 spiro atoms. The van der Waals surface area contributed by atoms with Gasteiger partial charge in [0.05, 0.1) is 50.0 Å². The molecule has 5 rings (SSSR count). The van der Waals surface area contributed by atoms with Crippen molar-refractivity contribution in [2.24, 2.45) is 17.8 Å². The number of rotatable bonds is 9. The summed E-state index contributed by atoms with van der Waals surface area (Å²) in [5.41, 5.74) is 0. The summed E-state index contributed by atoms with van der Waals surface area (Å²) in [7, 11) is 0. The highest BCUT2D eigenvalue weighted by atomic mass is 16.8. The Labute approximate surface area is 268 Å². The number of aliphatic hydroxyl groups excluding tert-OH is 9. The van der Waals surface area contributed by atoms with Crippen LogP contribution in [0.5, 0.6) is 0 Å². The Morgan fingerprint density at radius 1 is 0.696 bits per heavy atom. The standard InChI is InChI=1S/C31H52O15/c1-3-6-41-19-5-4-14(7-13(19)2)28-18(35)10-16-17(34)8-15(9-20(16)43-28)42-31-29(26(39)24(37)22(12-33)45-31)46-30-27(40)25(38)23(36)21(11-32)44-30/h3,6,13-40H,4-5,7-12H2,1-2H3. The van der Waals surface area contributed by atoms with Crippen molar-refractivity contribution in [3.05, 3.63) is 12.3 Å². The van der Waals surface area contributed by atoms with Crippen LogP contribution in [0.4, 0.5) is 0 Å². The van der Waals surface area contributed by atoms with Crippen LogP contribution in [-0.4, -0.2) is 157 Å². The molecule has 3 heterocycles. The molecule has 0 aromatic carbocycles. The van der Waals surface area contributed by atoms with Crippen LogP contribution in [0.15, 0.2) is 12.3 Å². The van der Waals surface area contributed by atoms with Gasteiger partial charge in [-0.3, -0.25) is 0 Å². The summed E-state index contributed by atoms with van der Waals surface area (Å²) in [6.07, 6.45) is -11.9. The molecule has 2 aliphatic carbocycles. The first-order valence-corrected chi connectivity index (χ1v) is 16.5. The molecular weight excluding hydrogens is 612 g/mol. The number of ether oxygens (including phenoxy) is 6. The Kier molecular flexibility index (Phi) is 12.4. The second-order valence-corrected chi connectivity index (χ2v) is 13.6. The fraction of sp³-hybridized carbons (Fsp3) is 0.935. The molecule has 0 aromatic rings. The Morgan fingerprint density at radius 2 is 1.37 bits per heavy atom. The molecule has 266 valence electrons. The molecule has 19 atom stereocenters. The van der Waals surface area contributed by atoms with Crippen molar-refractivity contribution in [2.45, 2.75) is 150 Å². The van der Waals surface area contributed by atoms with E-state index in [0.29, 0.717) is 12.8 Å². The van der Waals surface area contributed by atoms with E-state index in [-0.39, 0.29) is 30.3 Å². The fourth-order valence-corrected chi connectivity index (χ4v) is 7.85. The van der Waals surface area contributed by atoms with E-state index < -0.39 is 105 Å². The maximum atomic E-state index is 11.1. The normalized spacial score (nSPS) is 51.9. The summed E-state index contributed by atoms with van der Waals surface area (Å²) < 4.78 is 35.6. The van der Waals surface area contributed by atoms with Gasteiger partial charge in [-0.1, -0.05) is 13.0 Å². The lowest BCUT2D eigenvalue weighted by molar-refractivity contribution is -0.374. The van der Waals surface area contributed by atoms with Crippen LogP contribution in [0.1, 0.15) is 52.4 Å². The Hall–Kier alpha value is -1.02. The first-order chi connectivity index (χ1) is 22.0. The second kappa shape index (κ2) is 15.7. The number of fused-ring (bicyclic) bond motifs is 1. The zero-order valence-electron chi connectivity index (χ0n) is 26.3. The fourth-order valence-electron chi connectivity index (χ4n) is 7.85. The maximum absolute atomic E-state index is 11.1. The summed E-state index contributed by atoms with van der Waals surface area (Å²) in [4.78, 5) is 0. The summed E-state index contributed by atoms with van der Waals surface area (Å²) in [6, 6.07) is 0. The molecule has 0 aromatic heterocycles. The highest BCUT2D eigenvalue weighted by molar-refractivity contribution is 4.99. The molecule has 19 unspecified atom stereocenters. The molecule has 0 bridgehead atoms. The van der Waals surface area contributed by atoms with E-state index in [4.69, 9.17) is 28.4 Å². The topological polar surface area (TPSA) is 237 Å². The first kappa shape index (κ1) is 36.3. The molecule has 9 N–H and O–H groups in total. The van der Waals surface area contributed by atoms with E-state index in [1.54, 1.807) is 6.26 Å². The largest absolute Gasteiger partial charge is 0.498 e. The second-order valence-electron chi connectivity index (χ2n) is 13.6. The molecule has 5 aliphatic rings. The van der Waals surface area contributed by atoms with Crippen molar-refractivity contribution < 1.29 is 74.4 Å². The molecule has 2 saturated carbocycles. The van der Waals surface area contributed by atoms with Crippen molar-refractivity contribution in [3.63, 3.8) is 0 Å². The molecule has 5 fully saturated rings. The van der Waals surface area contributed by atoms with Gasteiger partial charge in [0.2, 0.25) is 0 Å². The third kappa shape index (κ3) is 7.58. The van der Waals surface area contributed by atoms with Gasteiger partial charge in [0.15, 0.2) is 12.6 Å². The number of aliphatic hydroxyl groups is 9. The average Bonchev–Trinajstić information content (AvgIpc) is 3.04. The molecule has 0 amide bonds. The minimum Gasteiger partial charge on any atom is -0.498 e. The molecule has 3 saturated heterocycles. The minimum atomic E-state index is -1.79. The zero-order chi connectivity index (χ0) is 33.3. The van der Waals surface area contributed by atoms with Crippen molar-refractivity contribution in [3.8, 4) is 0 Å². The van der Waals surface area contributed by atoms with Gasteiger partial charge in [-0.05, 0) is 44.4 Å². The molecule has 46 heavy (non-hydrogen) atoms. The molecule has 15 nitrogen and oxygen atoms in total. The van der Waals surface area contributed by atoms with E-state index in [1.807, 2.05) is 13.0 Å². The van der Waals surface area contributed by atoms with Crippen molar-refractivity contribution in [2.75, 3.05) is 13.2 Å². The molecule has 0 radical (unpaired) electrons. The molecule has 3 aliphatic heterocycles. The van der Waals surface area contributed by atoms with E-state index >= 15 is 0 Å². The molecule has 15 heteroatoms. The summed E-state index contributed by atoms with van der Waals surface area (Å²) in [5, 5.41) is 93.9. The molecular formula is C31H52O15. The Balaban J connectivity index is 1.27. The predicted octanol–water partition coefficient (Wildman–Crippen LogP) is -2.36. The smallest absolute Gasteiger partial charge is 0.187 e. The van der Waals surface area contributed by atoms with E-state index in [0.717, 1.165) is 19.3 Å². The number of hydrogen-bond acceptors (Lipinski definition) is 15. The third-order valence-corrected chi connectivity index (χ3v) is 10.5. The summed E-state index contributed by atoms with van der Waals surface area (Å²) >= 11 is 0. The van der Waals surface area contributed by atoms with Crippen LogP contribution in [-0.2, 0) is 28.4 Å². The highest BCUT2D eigenvalue weighted by Gasteiger charge is 2.53. The van der Waals surface area contributed by atoms with Crippen molar-refractivity contribution in [1.29, 1.82) is 0 Å². The van der Waals surface area contributed by atoms with E-state index in [2.05, 4.69) is 6.92 Å². The predicted molar refractivity (Wildman–Crippen MR) is 155 cm³/mol. The lowest BCUT2D eigenvalue weighted by Gasteiger charge is -2.50. The lowest BCUT2D eigenvalue weighted by Crippen LogP contribution is -2.65. The van der Waals surface area contributed by atoms with Gasteiger partial charge in [-0.2, -0.15) is 0 Å². The van der Waals surface area contributed by atoms with Crippen molar-refractivity contribution >= 4 is 0 Å². The summed E-state index contributed by atoms with van der Waals surface area (Å²) in [6.45, 7) is 2.67. The van der Waals surface area contributed by atoms with Crippen LogP contribution < -0.4 is 0 Å². The van der Waals surface area contributed by atoms with Crippen LogP contribution in [0.3, 0.4) is 0 Å². The van der Waals surface area contributed by atoms with Gasteiger partial charge in [-0.15, -0.1) is 0 Å². The van der Waals surface area contributed by atoms with Gasteiger partial charge < -0.3 is 74.4 Å².